The summed E-state index contributed by atoms with van der Waals surface area (Å²) < 4.78 is 5.81. The monoisotopic (exact) mass is 597 g/mol. The minimum Gasteiger partial charge on any atom is -0.465 e. The first-order valence-corrected chi connectivity index (χ1v) is 14.3. The van der Waals surface area contributed by atoms with Gasteiger partial charge in [-0.15, -0.1) is 0 Å². The Labute approximate surface area is 247 Å². The van der Waals surface area contributed by atoms with Crippen molar-refractivity contribution in [1.29, 1.82) is 0 Å². The van der Waals surface area contributed by atoms with Crippen LogP contribution in [0.4, 0.5) is 21.0 Å². The highest BCUT2D eigenvalue weighted by molar-refractivity contribution is 6.30. The molecule has 2 aromatic carbocycles. The second-order valence-electron chi connectivity index (χ2n) is 10.8. The fraction of sp³-hybridized carbons (Fsp3) is 0.414. The highest BCUT2D eigenvalue weighted by atomic mass is 35.5. The van der Waals surface area contributed by atoms with E-state index in [1.807, 2.05) is 0 Å². The average Bonchev–Trinajstić information content (AvgIpc) is 2.91. The molecule has 0 bridgehead atoms. The fourth-order valence-electron chi connectivity index (χ4n) is 5.59. The van der Waals surface area contributed by atoms with Crippen LogP contribution >= 0.6 is 11.6 Å². The first-order chi connectivity index (χ1) is 20.1. The Balaban J connectivity index is 1.33. The number of amides is 5. The highest BCUT2D eigenvalue weighted by Gasteiger charge is 2.47. The molecule has 5 N–H and O–H groups in total. The second kappa shape index (κ2) is 12.3. The molecule has 2 atom stereocenters. The Bertz CT molecular complexity index is 1400. The van der Waals surface area contributed by atoms with E-state index in [0.29, 0.717) is 41.3 Å². The third-order valence-electron chi connectivity index (χ3n) is 7.97. The number of piperidine rings is 1. The number of rotatable bonds is 8. The van der Waals surface area contributed by atoms with Gasteiger partial charge in [-0.25, -0.2) is 9.59 Å². The molecule has 5 amide bonds. The van der Waals surface area contributed by atoms with E-state index in [2.05, 4.69) is 21.3 Å². The van der Waals surface area contributed by atoms with Crippen LogP contribution in [-0.4, -0.2) is 65.6 Å². The Morgan fingerprint density at radius 2 is 1.88 bits per heavy atom. The van der Waals surface area contributed by atoms with Gasteiger partial charge < -0.3 is 25.4 Å². The summed E-state index contributed by atoms with van der Waals surface area (Å²) in [4.78, 5) is 64.5. The summed E-state index contributed by atoms with van der Waals surface area (Å²) in [6.07, 6.45) is 2.02. The standard InChI is InChI=1S/C29H32ClN5O7/c30-19-7-10-22-21(15-19)29(42-28(41)34-22)12-2-14-35(16-29)26(38)23(11-13-31-24(36)17-3-1-4-17)33-25(37)18-5-8-20(9-6-18)32-27(39)40/h5-10,15,17,23,32H,1-4,11-14,16H2,(H,31,36)(H,33,37)(H,34,41)(H,39,40)/t23-,29-/m0/s1. The maximum absolute atomic E-state index is 13.9. The summed E-state index contributed by atoms with van der Waals surface area (Å²) >= 11 is 6.27. The first-order valence-electron chi connectivity index (χ1n) is 13.9. The zero-order valence-electron chi connectivity index (χ0n) is 22.8. The van der Waals surface area contributed by atoms with Gasteiger partial charge in [-0.2, -0.15) is 0 Å². The van der Waals surface area contributed by atoms with Gasteiger partial charge in [-0.3, -0.25) is 25.0 Å². The van der Waals surface area contributed by atoms with E-state index < -0.39 is 29.7 Å². The van der Waals surface area contributed by atoms with Crippen molar-refractivity contribution >= 4 is 52.9 Å². The Hall–Kier alpha value is -4.32. The maximum Gasteiger partial charge on any atom is 0.412 e. The molecule has 13 heteroatoms. The zero-order valence-corrected chi connectivity index (χ0v) is 23.5. The number of fused-ring (bicyclic) bond motifs is 2. The van der Waals surface area contributed by atoms with Crippen LogP contribution in [-0.2, 0) is 19.9 Å². The first kappa shape index (κ1) is 29.2. The van der Waals surface area contributed by atoms with Crippen molar-refractivity contribution in [2.75, 3.05) is 30.3 Å². The van der Waals surface area contributed by atoms with Gasteiger partial charge in [0.2, 0.25) is 11.8 Å². The normalized spacial score (nSPS) is 20.3. The van der Waals surface area contributed by atoms with Crippen molar-refractivity contribution in [3.05, 3.63) is 58.6 Å². The summed E-state index contributed by atoms with van der Waals surface area (Å²) in [5, 5.41) is 19.9. The molecule has 2 fully saturated rings. The van der Waals surface area contributed by atoms with Gasteiger partial charge in [-0.1, -0.05) is 18.0 Å². The van der Waals surface area contributed by atoms with Crippen LogP contribution in [0.5, 0.6) is 0 Å². The van der Waals surface area contributed by atoms with Crippen molar-refractivity contribution in [2.24, 2.45) is 5.92 Å². The Morgan fingerprint density at radius 3 is 2.57 bits per heavy atom. The van der Waals surface area contributed by atoms with Crippen LogP contribution in [0, 0.1) is 5.92 Å². The van der Waals surface area contributed by atoms with Gasteiger partial charge in [0.1, 0.15) is 6.04 Å². The topological polar surface area (TPSA) is 166 Å². The van der Waals surface area contributed by atoms with E-state index in [-0.39, 0.29) is 42.8 Å². The predicted octanol–water partition coefficient (Wildman–Crippen LogP) is 3.91. The van der Waals surface area contributed by atoms with E-state index >= 15 is 0 Å². The molecule has 1 aliphatic carbocycles. The molecular formula is C29H32ClN5O7. The quantitative estimate of drug-likeness (QED) is 0.307. The molecular weight excluding hydrogens is 566 g/mol. The lowest BCUT2D eigenvalue weighted by atomic mass is 9.83. The minimum absolute atomic E-state index is 0.0184. The molecule has 2 aliphatic heterocycles. The molecule has 42 heavy (non-hydrogen) atoms. The molecule has 1 saturated carbocycles. The lowest BCUT2D eigenvalue weighted by molar-refractivity contribution is -0.141. The molecule has 5 rings (SSSR count). The van der Waals surface area contributed by atoms with Gasteiger partial charge >= 0.3 is 12.2 Å². The minimum atomic E-state index is -1.23. The number of likely N-dealkylation sites (tertiary alicyclic amines) is 1. The van der Waals surface area contributed by atoms with Crippen molar-refractivity contribution in [2.45, 2.75) is 50.2 Å². The molecule has 2 heterocycles. The number of hydrogen-bond donors (Lipinski definition) is 5. The second-order valence-corrected chi connectivity index (χ2v) is 11.2. The van der Waals surface area contributed by atoms with Gasteiger partial charge in [0, 0.05) is 40.8 Å². The van der Waals surface area contributed by atoms with Crippen LogP contribution in [0.25, 0.3) is 0 Å². The zero-order chi connectivity index (χ0) is 29.9. The summed E-state index contributed by atoms with van der Waals surface area (Å²) in [7, 11) is 0. The van der Waals surface area contributed by atoms with E-state index in [0.717, 1.165) is 19.3 Å². The number of hydrogen-bond acceptors (Lipinski definition) is 6. The number of halogens is 1. The van der Waals surface area contributed by atoms with Crippen LogP contribution < -0.4 is 21.3 Å². The lowest BCUT2D eigenvalue weighted by Crippen LogP contribution is -2.57. The summed E-state index contributed by atoms with van der Waals surface area (Å²) in [6.45, 7) is 0.643. The molecule has 3 aliphatic rings. The van der Waals surface area contributed by atoms with Gasteiger partial charge in [-0.05, 0) is 74.6 Å². The van der Waals surface area contributed by atoms with Crippen LogP contribution in [0.1, 0.15) is 54.4 Å². The van der Waals surface area contributed by atoms with E-state index in [1.165, 1.54) is 24.3 Å². The maximum atomic E-state index is 13.9. The molecule has 1 saturated heterocycles. The Kier molecular flexibility index (Phi) is 8.53. The van der Waals surface area contributed by atoms with Crippen molar-refractivity contribution in [3.8, 4) is 0 Å². The Morgan fingerprint density at radius 1 is 1.12 bits per heavy atom. The largest absolute Gasteiger partial charge is 0.465 e. The van der Waals surface area contributed by atoms with E-state index in [4.69, 9.17) is 21.4 Å². The molecule has 2 aromatic rings. The smallest absolute Gasteiger partial charge is 0.412 e. The van der Waals surface area contributed by atoms with Gasteiger partial charge in [0.05, 0.1) is 12.2 Å². The number of ether oxygens (including phenoxy) is 1. The highest BCUT2D eigenvalue weighted by Crippen LogP contribution is 2.43. The molecule has 12 nitrogen and oxygen atoms in total. The van der Waals surface area contributed by atoms with Crippen LogP contribution in [0.3, 0.4) is 0 Å². The number of nitrogens with one attached hydrogen (secondary N) is 4. The fourth-order valence-corrected chi connectivity index (χ4v) is 5.76. The number of carboxylic acid groups (broad SMARTS) is 1. The predicted molar refractivity (Wildman–Crippen MR) is 153 cm³/mol. The number of carbonyl (C=O) groups excluding carboxylic acids is 4. The van der Waals surface area contributed by atoms with Crippen LogP contribution in [0.15, 0.2) is 42.5 Å². The summed E-state index contributed by atoms with van der Waals surface area (Å²) in [5.74, 6) is -0.984. The van der Waals surface area contributed by atoms with Crippen molar-refractivity contribution in [1.82, 2.24) is 15.5 Å². The van der Waals surface area contributed by atoms with E-state index in [9.17, 15) is 24.0 Å². The third-order valence-corrected chi connectivity index (χ3v) is 8.21. The molecule has 0 aromatic heterocycles. The summed E-state index contributed by atoms with van der Waals surface area (Å²) in [5.41, 5.74) is 0.662. The lowest BCUT2D eigenvalue weighted by Gasteiger charge is -2.45. The molecule has 1 spiro atoms. The number of carbonyl (C=O) groups is 5. The number of nitrogens with zero attached hydrogens (tertiary/aromatic N) is 1. The molecule has 222 valence electrons. The summed E-state index contributed by atoms with van der Waals surface area (Å²) in [6, 6.07) is 9.90. The van der Waals surface area contributed by atoms with Crippen molar-refractivity contribution < 1.29 is 33.8 Å². The number of benzene rings is 2. The molecule has 0 radical (unpaired) electrons. The average molecular weight is 598 g/mol. The molecule has 0 unspecified atom stereocenters. The van der Waals surface area contributed by atoms with Gasteiger partial charge in [0.15, 0.2) is 5.60 Å². The van der Waals surface area contributed by atoms with Gasteiger partial charge in [0.25, 0.3) is 5.91 Å². The third kappa shape index (κ3) is 6.43. The number of anilines is 2. The van der Waals surface area contributed by atoms with Crippen molar-refractivity contribution in [3.63, 3.8) is 0 Å². The van der Waals surface area contributed by atoms with E-state index in [1.54, 1.807) is 23.1 Å². The SMILES string of the molecule is O=C(O)Nc1ccc(C(=O)N[C@@H](CCNC(=O)C2CCC2)C(=O)N2CCC[C@@]3(C2)OC(=O)Nc2ccc(Cl)cc23)cc1. The van der Waals surface area contributed by atoms with Crippen LogP contribution in [0.2, 0.25) is 5.02 Å².